The van der Waals surface area contributed by atoms with Gasteiger partial charge in [0.25, 0.3) is 11.8 Å². The van der Waals surface area contributed by atoms with E-state index in [4.69, 9.17) is 9.57 Å². The zero-order chi connectivity index (χ0) is 21.4. The van der Waals surface area contributed by atoms with E-state index in [-0.39, 0.29) is 11.1 Å². The van der Waals surface area contributed by atoms with E-state index in [1.54, 1.807) is 39.8 Å². The number of nitrogens with one attached hydrogen (secondary N) is 1. The van der Waals surface area contributed by atoms with Gasteiger partial charge in [-0.2, -0.15) is 0 Å². The molecule has 2 unspecified atom stereocenters. The van der Waals surface area contributed by atoms with Crippen LogP contribution in [0.5, 0.6) is 0 Å². The highest BCUT2D eigenvalue weighted by molar-refractivity contribution is 6.20. The Bertz CT molecular complexity index is 824. The topological polar surface area (TPSA) is 102 Å². The first-order chi connectivity index (χ1) is 13.5. The molecule has 3 amide bonds. The highest BCUT2D eigenvalue weighted by Crippen LogP contribution is 2.38. The number of imide groups is 1. The number of nitrogens with zero attached hydrogens (tertiary/aromatic N) is 1. The number of ether oxygens (including phenoxy) is 1. The normalized spacial score (nSPS) is 24.1. The predicted octanol–water partition coefficient (Wildman–Crippen LogP) is 3.21. The van der Waals surface area contributed by atoms with Gasteiger partial charge < -0.3 is 14.9 Å². The molecule has 1 N–H and O–H groups in total. The van der Waals surface area contributed by atoms with Crippen molar-refractivity contribution in [2.24, 2.45) is 5.41 Å². The molecule has 0 spiro atoms. The minimum absolute atomic E-state index is 0.197. The summed E-state index contributed by atoms with van der Waals surface area (Å²) in [6.07, 6.45) is 1.99. The van der Waals surface area contributed by atoms with Crippen LogP contribution in [0.15, 0.2) is 24.3 Å². The van der Waals surface area contributed by atoms with E-state index in [1.165, 1.54) is 12.1 Å². The molecule has 0 bridgehead atoms. The van der Waals surface area contributed by atoms with E-state index in [2.05, 4.69) is 5.32 Å². The van der Waals surface area contributed by atoms with E-state index in [1.807, 2.05) is 0 Å². The number of alkyl carbamates (subject to hydrolysis) is 1. The van der Waals surface area contributed by atoms with Crippen LogP contribution in [0.3, 0.4) is 0 Å². The minimum Gasteiger partial charge on any atom is -0.444 e. The third kappa shape index (κ3) is 4.11. The highest BCUT2D eigenvalue weighted by Gasteiger charge is 2.49. The van der Waals surface area contributed by atoms with Crippen molar-refractivity contribution in [3.8, 4) is 0 Å². The number of hydroxylamine groups is 2. The number of fused-ring (bicyclic) bond motifs is 1. The van der Waals surface area contributed by atoms with Crippen molar-refractivity contribution in [2.75, 3.05) is 0 Å². The standard InChI is InChI=1S/C21H26N2O6/c1-20(2,3)28-19(27)22-15-11-7-8-12-21(15,4)18(26)29-23-16(24)13-9-5-6-10-14(13)17(23)25/h5-6,9-10,15H,7-8,11-12H2,1-4H3,(H,22,27). The maximum absolute atomic E-state index is 13.0. The summed E-state index contributed by atoms with van der Waals surface area (Å²) in [6.45, 7) is 6.93. The van der Waals surface area contributed by atoms with Crippen molar-refractivity contribution in [1.29, 1.82) is 0 Å². The summed E-state index contributed by atoms with van der Waals surface area (Å²) in [7, 11) is 0. The fourth-order valence-electron chi connectivity index (χ4n) is 3.70. The highest BCUT2D eigenvalue weighted by atomic mass is 16.7. The molecule has 29 heavy (non-hydrogen) atoms. The average molecular weight is 402 g/mol. The van der Waals surface area contributed by atoms with Crippen LogP contribution in [0.2, 0.25) is 0 Å². The van der Waals surface area contributed by atoms with Crippen LogP contribution in [-0.2, 0) is 14.4 Å². The maximum atomic E-state index is 13.0. The number of hydrogen-bond donors (Lipinski definition) is 1. The second-order valence-electron chi connectivity index (χ2n) is 8.69. The second kappa shape index (κ2) is 7.50. The molecule has 0 aromatic heterocycles. The maximum Gasteiger partial charge on any atom is 0.407 e. The quantitative estimate of drug-likeness (QED) is 0.779. The lowest BCUT2D eigenvalue weighted by Crippen LogP contribution is -2.54. The Labute approximate surface area is 169 Å². The number of rotatable bonds is 3. The van der Waals surface area contributed by atoms with E-state index < -0.39 is 40.9 Å². The van der Waals surface area contributed by atoms with Crippen LogP contribution >= 0.6 is 0 Å². The summed E-state index contributed by atoms with van der Waals surface area (Å²) < 4.78 is 5.30. The molecule has 1 heterocycles. The summed E-state index contributed by atoms with van der Waals surface area (Å²) in [6, 6.07) is 5.77. The summed E-state index contributed by atoms with van der Waals surface area (Å²) in [5.41, 5.74) is -1.37. The smallest absolute Gasteiger partial charge is 0.407 e. The molecule has 156 valence electrons. The summed E-state index contributed by atoms with van der Waals surface area (Å²) in [5.74, 6) is -2.07. The van der Waals surface area contributed by atoms with Gasteiger partial charge >= 0.3 is 12.1 Å². The van der Waals surface area contributed by atoms with Gasteiger partial charge in [0.15, 0.2) is 0 Å². The number of carbonyl (C=O) groups is 4. The molecule has 1 aromatic rings. The number of carbonyl (C=O) groups excluding carboxylic acids is 4. The van der Waals surface area contributed by atoms with E-state index >= 15 is 0 Å². The minimum atomic E-state index is -1.09. The number of hydrogen-bond acceptors (Lipinski definition) is 6. The van der Waals surface area contributed by atoms with Gasteiger partial charge in [-0.05, 0) is 52.7 Å². The van der Waals surface area contributed by atoms with Gasteiger partial charge in [0, 0.05) is 6.04 Å². The van der Waals surface area contributed by atoms with Gasteiger partial charge in [-0.1, -0.05) is 30.0 Å². The fraction of sp³-hybridized carbons (Fsp3) is 0.524. The van der Waals surface area contributed by atoms with E-state index in [0.29, 0.717) is 17.9 Å². The van der Waals surface area contributed by atoms with Gasteiger partial charge in [-0.15, -0.1) is 0 Å². The molecule has 1 aromatic carbocycles. The third-order valence-electron chi connectivity index (χ3n) is 5.30. The van der Waals surface area contributed by atoms with Gasteiger partial charge in [0.1, 0.15) is 5.60 Å². The van der Waals surface area contributed by atoms with Crippen molar-refractivity contribution in [2.45, 2.75) is 65.0 Å². The molecular formula is C21H26N2O6. The molecular weight excluding hydrogens is 376 g/mol. The summed E-state index contributed by atoms with van der Waals surface area (Å²) in [5, 5.41) is 3.27. The Balaban J connectivity index is 1.75. The van der Waals surface area contributed by atoms with Crippen LogP contribution in [0.1, 0.15) is 74.1 Å². The molecule has 2 atom stereocenters. The van der Waals surface area contributed by atoms with Crippen LogP contribution in [-0.4, -0.2) is 40.6 Å². The lowest BCUT2D eigenvalue weighted by atomic mass is 9.71. The fourth-order valence-corrected chi connectivity index (χ4v) is 3.70. The van der Waals surface area contributed by atoms with Crippen LogP contribution in [0.25, 0.3) is 0 Å². The van der Waals surface area contributed by atoms with Crippen molar-refractivity contribution in [1.82, 2.24) is 10.4 Å². The lowest BCUT2D eigenvalue weighted by Gasteiger charge is -2.39. The van der Waals surface area contributed by atoms with Gasteiger partial charge in [0.2, 0.25) is 0 Å². The molecule has 8 nitrogen and oxygen atoms in total. The zero-order valence-corrected chi connectivity index (χ0v) is 17.1. The van der Waals surface area contributed by atoms with Gasteiger partial charge in [-0.25, -0.2) is 9.59 Å². The van der Waals surface area contributed by atoms with Gasteiger partial charge in [0.05, 0.1) is 16.5 Å². The predicted molar refractivity (Wildman–Crippen MR) is 103 cm³/mol. The van der Waals surface area contributed by atoms with E-state index in [0.717, 1.165) is 12.8 Å². The molecule has 3 rings (SSSR count). The Hall–Kier alpha value is -2.90. The second-order valence-corrected chi connectivity index (χ2v) is 8.69. The first-order valence-electron chi connectivity index (χ1n) is 9.73. The SMILES string of the molecule is CC(C)(C)OC(=O)NC1CCCCC1(C)C(=O)ON1C(=O)c2ccccc2C1=O. The first-order valence-corrected chi connectivity index (χ1v) is 9.73. The Morgan fingerprint density at radius 3 is 2.24 bits per heavy atom. The molecule has 2 aliphatic rings. The Kier molecular flexibility index (Phi) is 5.38. The molecule has 1 fully saturated rings. The van der Waals surface area contributed by atoms with Crippen molar-refractivity contribution in [3.63, 3.8) is 0 Å². The summed E-state index contributed by atoms with van der Waals surface area (Å²) in [4.78, 5) is 55.5. The Morgan fingerprint density at radius 2 is 1.69 bits per heavy atom. The molecule has 1 aliphatic heterocycles. The largest absolute Gasteiger partial charge is 0.444 e. The van der Waals surface area contributed by atoms with Crippen molar-refractivity contribution >= 4 is 23.9 Å². The molecule has 8 heteroatoms. The van der Waals surface area contributed by atoms with Crippen molar-refractivity contribution in [3.05, 3.63) is 35.4 Å². The number of benzene rings is 1. The van der Waals surface area contributed by atoms with Crippen LogP contribution < -0.4 is 5.32 Å². The molecule has 0 saturated heterocycles. The molecule has 0 radical (unpaired) electrons. The van der Waals surface area contributed by atoms with Crippen molar-refractivity contribution < 1.29 is 28.8 Å². The summed E-state index contributed by atoms with van der Waals surface area (Å²) >= 11 is 0. The first kappa shape index (κ1) is 20.8. The monoisotopic (exact) mass is 402 g/mol. The van der Waals surface area contributed by atoms with E-state index in [9.17, 15) is 19.2 Å². The molecule has 1 aliphatic carbocycles. The molecule has 1 saturated carbocycles. The third-order valence-corrected chi connectivity index (χ3v) is 5.30. The Morgan fingerprint density at radius 1 is 1.10 bits per heavy atom. The zero-order valence-electron chi connectivity index (χ0n) is 17.1. The lowest BCUT2D eigenvalue weighted by molar-refractivity contribution is -0.184. The van der Waals surface area contributed by atoms with Gasteiger partial charge in [-0.3, -0.25) is 9.59 Å². The van der Waals surface area contributed by atoms with Crippen LogP contribution in [0, 0.1) is 5.41 Å². The van der Waals surface area contributed by atoms with Crippen LogP contribution in [0.4, 0.5) is 4.79 Å². The average Bonchev–Trinajstić information content (AvgIpc) is 2.87. The number of amides is 3.